The average molecular weight is 219 g/mol. The Bertz CT molecular complexity index is 441. The lowest BCUT2D eigenvalue weighted by molar-refractivity contribution is -0.115. The number of nitrogens with one attached hydrogen (secondary N) is 1. The van der Waals surface area contributed by atoms with E-state index in [0.717, 1.165) is 16.0 Å². The maximum Gasteiger partial charge on any atom is 0.329 e. The van der Waals surface area contributed by atoms with Crippen molar-refractivity contribution < 1.29 is 9.59 Å². The number of imide groups is 1. The number of urea groups is 1. The number of rotatable bonds is 2. The number of amides is 3. The Morgan fingerprint density at radius 1 is 1.44 bits per heavy atom. The van der Waals surface area contributed by atoms with Crippen LogP contribution in [0.3, 0.4) is 0 Å². The summed E-state index contributed by atoms with van der Waals surface area (Å²) in [5, 5.41) is 2.49. The predicted molar refractivity (Wildman–Crippen MR) is 60.0 cm³/mol. The summed E-state index contributed by atoms with van der Waals surface area (Å²) in [6.07, 6.45) is 0. The van der Waals surface area contributed by atoms with Gasteiger partial charge in [-0.05, 0) is 24.1 Å². The van der Waals surface area contributed by atoms with Gasteiger partial charge >= 0.3 is 6.03 Å². The topological polar surface area (TPSA) is 75.4 Å². The summed E-state index contributed by atoms with van der Waals surface area (Å²) in [4.78, 5) is 24.2. The van der Waals surface area contributed by atoms with Gasteiger partial charge in [-0.1, -0.05) is 12.1 Å². The molecule has 1 saturated heterocycles. The number of hydrogen-bond acceptors (Lipinski definition) is 3. The summed E-state index contributed by atoms with van der Waals surface area (Å²) in [6, 6.07) is 5.15. The van der Waals surface area contributed by atoms with Gasteiger partial charge in [0.15, 0.2) is 0 Å². The molecule has 0 radical (unpaired) electrons. The Balaban J connectivity index is 2.46. The number of nitrogens with two attached hydrogens (primary N) is 1. The first-order valence-corrected chi connectivity index (χ1v) is 5.04. The highest BCUT2D eigenvalue weighted by Crippen LogP contribution is 2.23. The largest absolute Gasteiger partial charge is 0.329 e. The highest BCUT2D eigenvalue weighted by atomic mass is 16.2. The molecule has 84 valence electrons. The highest BCUT2D eigenvalue weighted by Gasteiger charge is 2.30. The molecule has 1 aliphatic heterocycles. The molecule has 0 aromatic heterocycles. The Labute approximate surface area is 93.2 Å². The molecular weight excluding hydrogens is 206 g/mol. The second kappa shape index (κ2) is 3.94. The Kier molecular flexibility index (Phi) is 2.62. The normalized spacial score (nSPS) is 15.5. The van der Waals surface area contributed by atoms with Crippen LogP contribution in [-0.2, 0) is 11.3 Å². The van der Waals surface area contributed by atoms with Crippen LogP contribution in [-0.4, -0.2) is 18.5 Å². The third kappa shape index (κ3) is 1.65. The standard InChI is InChI=1S/C11H13N3O2/c1-7-2-3-8(5-12)4-9(7)14-10(15)6-13-11(14)16/h2-4H,5-6,12H2,1H3,(H,13,16). The molecule has 3 amide bonds. The molecule has 0 aliphatic carbocycles. The minimum absolute atomic E-state index is 0.0606. The molecule has 0 atom stereocenters. The van der Waals surface area contributed by atoms with Gasteiger partial charge in [-0.25, -0.2) is 9.69 Å². The fourth-order valence-electron chi connectivity index (χ4n) is 1.69. The zero-order chi connectivity index (χ0) is 11.7. The number of carbonyl (C=O) groups is 2. The summed E-state index contributed by atoms with van der Waals surface area (Å²) >= 11 is 0. The quantitative estimate of drug-likeness (QED) is 0.711. The third-order valence-corrected chi connectivity index (χ3v) is 2.59. The van der Waals surface area contributed by atoms with Gasteiger partial charge in [-0.3, -0.25) is 4.79 Å². The summed E-state index contributed by atoms with van der Waals surface area (Å²) in [5.74, 6) is -0.234. The monoisotopic (exact) mass is 219 g/mol. The number of aryl methyl sites for hydroxylation is 1. The van der Waals surface area contributed by atoms with E-state index >= 15 is 0 Å². The molecule has 2 rings (SSSR count). The first-order chi connectivity index (χ1) is 7.63. The minimum Gasteiger partial charge on any atom is -0.328 e. The van der Waals surface area contributed by atoms with Gasteiger partial charge in [0.05, 0.1) is 12.2 Å². The van der Waals surface area contributed by atoms with Gasteiger partial charge in [-0.2, -0.15) is 0 Å². The van der Waals surface area contributed by atoms with Crippen molar-refractivity contribution in [3.8, 4) is 0 Å². The number of benzene rings is 1. The Morgan fingerprint density at radius 3 is 2.75 bits per heavy atom. The third-order valence-electron chi connectivity index (χ3n) is 2.59. The lowest BCUT2D eigenvalue weighted by Crippen LogP contribution is -2.31. The van der Waals surface area contributed by atoms with Gasteiger partial charge in [0, 0.05) is 6.54 Å². The molecule has 0 unspecified atom stereocenters. The highest BCUT2D eigenvalue weighted by molar-refractivity contribution is 6.20. The van der Waals surface area contributed by atoms with E-state index in [9.17, 15) is 9.59 Å². The van der Waals surface area contributed by atoms with Gasteiger partial charge in [-0.15, -0.1) is 0 Å². The van der Waals surface area contributed by atoms with E-state index in [1.165, 1.54) is 0 Å². The Morgan fingerprint density at radius 2 is 2.19 bits per heavy atom. The lowest BCUT2D eigenvalue weighted by Gasteiger charge is -2.16. The minimum atomic E-state index is -0.373. The summed E-state index contributed by atoms with van der Waals surface area (Å²) < 4.78 is 0. The number of hydrogen-bond donors (Lipinski definition) is 2. The SMILES string of the molecule is Cc1ccc(CN)cc1N1C(=O)CNC1=O. The molecule has 5 nitrogen and oxygen atoms in total. The molecular formula is C11H13N3O2. The van der Waals surface area contributed by atoms with Crippen LogP contribution in [0.4, 0.5) is 10.5 Å². The maximum absolute atomic E-state index is 11.5. The molecule has 0 saturated carbocycles. The van der Waals surface area contributed by atoms with E-state index < -0.39 is 0 Å². The van der Waals surface area contributed by atoms with E-state index in [0.29, 0.717) is 12.2 Å². The molecule has 3 N–H and O–H groups in total. The maximum atomic E-state index is 11.5. The van der Waals surface area contributed by atoms with Crippen molar-refractivity contribution in [3.63, 3.8) is 0 Å². The second-order valence-corrected chi connectivity index (χ2v) is 3.71. The molecule has 0 bridgehead atoms. The second-order valence-electron chi connectivity index (χ2n) is 3.71. The fourth-order valence-corrected chi connectivity index (χ4v) is 1.69. The van der Waals surface area contributed by atoms with Crippen molar-refractivity contribution in [2.75, 3.05) is 11.4 Å². The smallest absolute Gasteiger partial charge is 0.328 e. The molecule has 1 aromatic rings. The molecule has 1 aromatic carbocycles. The van der Waals surface area contributed by atoms with E-state index in [1.54, 1.807) is 6.07 Å². The van der Waals surface area contributed by atoms with Crippen molar-refractivity contribution in [1.82, 2.24) is 5.32 Å². The predicted octanol–water partition coefficient (Wildman–Crippen LogP) is 0.510. The van der Waals surface area contributed by atoms with Crippen LogP contribution in [0.1, 0.15) is 11.1 Å². The van der Waals surface area contributed by atoms with E-state index in [-0.39, 0.29) is 18.5 Å². The number of anilines is 1. The summed E-state index contributed by atoms with van der Waals surface area (Å²) in [7, 11) is 0. The van der Waals surface area contributed by atoms with E-state index in [1.807, 2.05) is 19.1 Å². The molecule has 1 heterocycles. The van der Waals surface area contributed by atoms with Crippen molar-refractivity contribution in [1.29, 1.82) is 0 Å². The molecule has 1 aliphatic rings. The van der Waals surface area contributed by atoms with Crippen LogP contribution >= 0.6 is 0 Å². The van der Waals surface area contributed by atoms with E-state index in [2.05, 4.69) is 5.32 Å². The number of nitrogens with zero attached hydrogens (tertiary/aromatic N) is 1. The molecule has 16 heavy (non-hydrogen) atoms. The van der Waals surface area contributed by atoms with E-state index in [4.69, 9.17) is 5.73 Å². The van der Waals surface area contributed by atoms with Gasteiger partial charge in [0.2, 0.25) is 0 Å². The van der Waals surface area contributed by atoms with Crippen LogP contribution in [0.5, 0.6) is 0 Å². The lowest BCUT2D eigenvalue weighted by atomic mass is 10.1. The van der Waals surface area contributed by atoms with Gasteiger partial charge < -0.3 is 11.1 Å². The zero-order valence-electron chi connectivity index (χ0n) is 8.99. The summed E-state index contributed by atoms with van der Waals surface area (Å²) in [5.41, 5.74) is 7.92. The molecule has 0 spiro atoms. The van der Waals surface area contributed by atoms with Crippen LogP contribution in [0, 0.1) is 6.92 Å². The van der Waals surface area contributed by atoms with Crippen LogP contribution in [0.15, 0.2) is 18.2 Å². The summed E-state index contributed by atoms with van der Waals surface area (Å²) in [6.45, 7) is 2.30. The van der Waals surface area contributed by atoms with Gasteiger partial charge in [0.25, 0.3) is 5.91 Å². The zero-order valence-corrected chi connectivity index (χ0v) is 8.99. The molecule has 5 heteroatoms. The fraction of sp³-hybridized carbons (Fsp3) is 0.273. The van der Waals surface area contributed by atoms with Crippen molar-refractivity contribution in [3.05, 3.63) is 29.3 Å². The average Bonchev–Trinajstić information content (AvgIpc) is 2.60. The van der Waals surface area contributed by atoms with Crippen LogP contribution in [0.2, 0.25) is 0 Å². The van der Waals surface area contributed by atoms with Crippen molar-refractivity contribution >= 4 is 17.6 Å². The Hall–Kier alpha value is -1.88. The number of carbonyl (C=O) groups excluding carboxylic acids is 2. The first kappa shape index (κ1) is 10.6. The van der Waals surface area contributed by atoms with Crippen molar-refractivity contribution in [2.24, 2.45) is 5.73 Å². The van der Waals surface area contributed by atoms with Crippen LogP contribution in [0.25, 0.3) is 0 Å². The van der Waals surface area contributed by atoms with Crippen molar-refractivity contribution in [2.45, 2.75) is 13.5 Å². The van der Waals surface area contributed by atoms with Gasteiger partial charge in [0.1, 0.15) is 0 Å². The first-order valence-electron chi connectivity index (χ1n) is 5.04. The molecule has 1 fully saturated rings. The van der Waals surface area contributed by atoms with Crippen LogP contribution < -0.4 is 16.0 Å².